The minimum atomic E-state index is -4.38. The lowest BCUT2D eigenvalue weighted by Crippen LogP contribution is -2.22. The number of carbonyl (C=O) groups is 1. The molecule has 7 nitrogen and oxygen atoms in total. The molecule has 1 amide bonds. The first kappa shape index (κ1) is 20.2. The summed E-state index contributed by atoms with van der Waals surface area (Å²) in [6, 6.07) is 9.65. The molecule has 0 unspecified atom stereocenters. The van der Waals surface area contributed by atoms with Gasteiger partial charge in [0.05, 0.1) is 11.5 Å². The number of ether oxygens (including phenoxy) is 1. The number of aromatic hydroxyl groups is 1. The number of phenols is 1. The van der Waals surface area contributed by atoms with E-state index in [-0.39, 0.29) is 18.7 Å². The van der Waals surface area contributed by atoms with Gasteiger partial charge in [-0.05, 0) is 23.3 Å². The quantitative estimate of drug-likeness (QED) is 0.563. The van der Waals surface area contributed by atoms with Crippen LogP contribution >= 0.6 is 0 Å². The number of nitrogens with one attached hydrogen (secondary N) is 1. The number of phenolic OH excluding ortho intramolecular Hbond substituents is 1. The van der Waals surface area contributed by atoms with Gasteiger partial charge in [0.1, 0.15) is 6.61 Å². The van der Waals surface area contributed by atoms with Gasteiger partial charge in [-0.25, -0.2) is 0 Å². The van der Waals surface area contributed by atoms with Gasteiger partial charge < -0.3 is 15.2 Å². The fourth-order valence-corrected chi connectivity index (χ4v) is 2.14. The second-order valence-corrected chi connectivity index (χ2v) is 5.57. The molecule has 27 heavy (non-hydrogen) atoms. The van der Waals surface area contributed by atoms with E-state index in [1.807, 2.05) is 0 Å². The van der Waals surface area contributed by atoms with E-state index in [0.29, 0.717) is 11.1 Å². The van der Waals surface area contributed by atoms with Crippen molar-refractivity contribution < 1.29 is 32.7 Å². The average Bonchev–Trinajstić information content (AvgIpc) is 2.59. The summed E-state index contributed by atoms with van der Waals surface area (Å²) in [5.74, 6) is -1.16. The zero-order valence-corrected chi connectivity index (χ0v) is 13.8. The van der Waals surface area contributed by atoms with E-state index in [9.17, 15) is 33.2 Å². The lowest BCUT2D eigenvalue weighted by molar-refractivity contribution is -0.385. The van der Waals surface area contributed by atoms with E-state index >= 15 is 0 Å². The molecule has 0 atom stereocenters. The van der Waals surface area contributed by atoms with Crippen LogP contribution in [-0.2, 0) is 17.9 Å². The lowest BCUT2D eigenvalue weighted by Gasteiger charge is -2.09. The van der Waals surface area contributed by atoms with Crippen molar-refractivity contribution in [1.82, 2.24) is 5.32 Å². The third kappa shape index (κ3) is 6.26. The van der Waals surface area contributed by atoms with Crippen molar-refractivity contribution in [2.45, 2.75) is 19.3 Å². The van der Waals surface area contributed by atoms with Crippen molar-refractivity contribution >= 4 is 11.6 Å². The highest BCUT2D eigenvalue weighted by Gasteiger charge is 2.27. The number of carbonyl (C=O) groups excluding carboxylic acids is 1. The van der Waals surface area contributed by atoms with Crippen molar-refractivity contribution in [3.05, 3.63) is 69.3 Å². The Labute approximate surface area is 151 Å². The minimum absolute atomic E-state index is 0.0512. The molecule has 0 aromatic heterocycles. The van der Waals surface area contributed by atoms with Crippen LogP contribution in [0.15, 0.2) is 42.5 Å². The van der Waals surface area contributed by atoms with Gasteiger partial charge in [0, 0.05) is 18.2 Å². The number of rotatable bonds is 7. The summed E-state index contributed by atoms with van der Waals surface area (Å²) in [7, 11) is 0. The van der Waals surface area contributed by atoms with Crippen LogP contribution in [-0.4, -0.2) is 28.7 Å². The van der Waals surface area contributed by atoms with Crippen LogP contribution in [0.25, 0.3) is 0 Å². The summed E-state index contributed by atoms with van der Waals surface area (Å²) < 4.78 is 40.6. The summed E-state index contributed by atoms with van der Waals surface area (Å²) in [5, 5.41) is 22.8. The molecule has 0 aliphatic heterocycles. The van der Waals surface area contributed by atoms with Gasteiger partial charge in [0.2, 0.25) is 0 Å². The third-order valence-electron chi connectivity index (χ3n) is 3.44. The highest BCUT2D eigenvalue weighted by Crippen LogP contribution is 2.26. The Balaban J connectivity index is 1.88. The highest BCUT2D eigenvalue weighted by atomic mass is 19.4. The van der Waals surface area contributed by atoms with E-state index in [2.05, 4.69) is 10.1 Å². The molecule has 0 aliphatic rings. The maximum atomic E-state index is 12.0. The van der Waals surface area contributed by atoms with Crippen molar-refractivity contribution in [2.75, 3.05) is 6.61 Å². The summed E-state index contributed by atoms with van der Waals surface area (Å²) >= 11 is 0. The van der Waals surface area contributed by atoms with Crippen molar-refractivity contribution in [2.24, 2.45) is 0 Å². The van der Waals surface area contributed by atoms with Gasteiger partial charge in [-0.2, -0.15) is 13.2 Å². The molecule has 2 aromatic carbocycles. The molecule has 144 valence electrons. The van der Waals surface area contributed by atoms with Crippen LogP contribution < -0.4 is 5.32 Å². The second-order valence-electron chi connectivity index (χ2n) is 5.57. The van der Waals surface area contributed by atoms with Crippen molar-refractivity contribution in [3.63, 3.8) is 0 Å². The molecule has 0 spiro atoms. The Bertz CT molecular complexity index is 822. The predicted molar refractivity (Wildman–Crippen MR) is 88.1 cm³/mol. The first-order valence-electron chi connectivity index (χ1n) is 7.63. The van der Waals surface area contributed by atoms with Crippen molar-refractivity contribution in [1.29, 1.82) is 0 Å². The maximum Gasteiger partial charge on any atom is 0.411 e. The largest absolute Gasteiger partial charge is 0.502 e. The number of amides is 1. The van der Waals surface area contributed by atoms with Crippen LogP contribution in [0.3, 0.4) is 0 Å². The van der Waals surface area contributed by atoms with Gasteiger partial charge in [-0.1, -0.05) is 24.3 Å². The zero-order valence-electron chi connectivity index (χ0n) is 13.8. The molecule has 0 heterocycles. The number of halogens is 3. The standard InChI is InChI=1S/C17H15F3N2O5/c18-17(19,20)10-27-9-12-3-1-11(2-4-12)8-21-16(24)13-5-6-14(22(25)26)15(23)7-13/h1-7,23H,8-10H2,(H,21,24). The highest BCUT2D eigenvalue weighted by molar-refractivity contribution is 5.95. The normalized spacial score (nSPS) is 11.2. The zero-order chi connectivity index (χ0) is 20.0. The molecule has 2 aromatic rings. The smallest absolute Gasteiger partial charge is 0.411 e. The number of hydrogen-bond acceptors (Lipinski definition) is 5. The number of hydrogen-bond donors (Lipinski definition) is 2. The molecule has 2 rings (SSSR count). The van der Waals surface area contributed by atoms with Gasteiger partial charge in [0.15, 0.2) is 5.75 Å². The lowest BCUT2D eigenvalue weighted by atomic mass is 10.1. The average molecular weight is 384 g/mol. The molecule has 0 aliphatic carbocycles. The second kappa shape index (κ2) is 8.49. The van der Waals surface area contributed by atoms with E-state index in [0.717, 1.165) is 12.1 Å². The Morgan fingerprint density at radius 3 is 2.33 bits per heavy atom. The fraction of sp³-hybridized carbons (Fsp3) is 0.235. The van der Waals surface area contributed by atoms with Crippen LogP contribution in [0, 0.1) is 10.1 Å². The van der Waals surface area contributed by atoms with Crippen LogP contribution in [0.5, 0.6) is 5.75 Å². The summed E-state index contributed by atoms with van der Waals surface area (Å²) in [5.41, 5.74) is 0.786. The summed E-state index contributed by atoms with van der Waals surface area (Å²) in [6.07, 6.45) is -4.38. The first-order valence-corrected chi connectivity index (χ1v) is 7.63. The molecule has 0 fully saturated rings. The minimum Gasteiger partial charge on any atom is -0.502 e. The van der Waals surface area contributed by atoms with Gasteiger partial charge in [-0.3, -0.25) is 14.9 Å². The van der Waals surface area contributed by atoms with Gasteiger partial charge >= 0.3 is 11.9 Å². The summed E-state index contributed by atoms with van der Waals surface area (Å²) in [4.78, 5) is 21.9. The number of benzene rings is 2. The monoisotopic (exact) mass is 384 g/mol. The van der Waals surface area contributed by atoms with E-state index < -0.39 is 35.1 Å². The molecular formula is C17H15F3N2O5. The topological polar surface area (TPSA) is 102 Å². The maximum absolute atomic E-state index is 12.0. The Kier molecular flexibility index (Phi) is 6.35. The number of alkyl halides is 3. The van der Waals surface area contributed by atoms with E-state index in [1.54, 1.807) is 24.3 Å². The van der Waals surface area contributed by atoms with Crippen LogP contribution in [0.4, 0.5) is 18.9 Å². The predicted octanol–water partition coefficient (Wildman–Crippen LogP) is 3.31. The Morgan fingerprint density at radius 2 is 1.78 bits per heavy atom. The number of nitro benzene ring substituents is 1. The molecular weight excluding hydrogens is 369 g/mol. The molecule has 0 radical (unpaired) electrons. The molecule has 0 saturated carbocycles. The Morgan fingerprint density at radius 1 is 1.15 bits per heavy atom. The third-order valence-corrected chi connectivity index (χ3v) is 3.44. The van der Waals surface area contributed by atoms with Crippen LogP contribution in [0.2, 0.25) is 0 Å². The van der Waals surface area contributed by atoms with Crippen LogP contribution in [0.1, 0.15) is 21.5 Å². The number of nitrogens with zero attached hydrogens (tertiary/aromatic N) is 1. The van der Waals surface area contributed by atoms with Gasteiger partial charge in [-0.15, -0.1) is 0 Å². The first-order chi connectivity index (χ1) is 12.7. The van der Waals surface area contributed by atoms with E-state index in [1.165, 1.54) is 6.07 Å². The van der Waals surface area contributed by atoms with Crippen molar-refractivity contribution in [3.8, 4) is 5.75 Å². The fourth-order valence-electron chi connectivity index (χ4n) is 2.14. The Hall–Kier alpha value is -3.14. The molecule has 10 heteroatoms. The van der Waals surface area contributed by atoms with Gasteiger partial charge in [0.25, 0.3) is 5.91 Å². The van der Waals surface area contributed by atoms with E-state index in [4.69, 9.17) is 0 Å². The molecule has 0 bridgehead atoms. The summed E-state index contributed by atoms with van der Waals surface area (Å²) in [6.45, 7) is -1.39. The molecule has 0 saturated heterocycles. The SMILES string of the molecule is O=C(NCc1ccc(COCC(F)(F)F)cc1)c1ccc([N+](=O)[O-])c(O)c1. The number of nitro groups is 1. The molecule has 2 N–H and O–H groups in total.